The van der Waals surface area contributed by atoms with E-state index in [1.165, 1.54) is 11.3 Å². The molecule has 5 heteroatoms. The van der Waals surface area contributed by atoms with Gasteiger partial charge in [-0.15, -0.1) is 11.3 Å². The molecular formula is C14H23BrN2OS. The van der Waals surface area contributed by atoms with Crippen LogP contribution in [0.5, 0.6) is 0 Å². The van der Waals surface area contributed by atoms with Crippen molar-refractivity contribution in [2.24, 2.45) is 0 Å². The highest BCUT2D eigenvalue weighted by Crippen LogP contribution is 2.20. The topological polar surface area (TPSA) is 32.3 Å². The largest absolute Gasteiger partial charge is 0.350 e. The monoisotopic (exact) mass is 346 g/mol. The lowest BCUT2D eigenvalue weighted by atomic mass is 10.1. The Balaban J connectivity index is 2.27. The molecule has 0 spiro atoms. The fourth-order valence-electron chi connectivity index (χ4n) is 1.97. The second-order valence-electron chi connectivity index (χ2n) is 4.68. The zero-order valence-corrected chi connectivity index (χ0v) is 14.3. The molecule has 108 valence electrons. The fraction of sp³-hybridized carbons (Fsp3) is 0.643. The van der Waals surface area contributed by atoms with Gasteiger partial charge in [0.25, 0.3) is 5.91 Å². The third kappa shape index (κ3) is 6.06. The molecule has 0 saturated carbocycles. The molecule has 1 heterocycles. The fourth-order valence-corrected chi connectivity index (χ4v) is 3.11. The number of thiophene rings is 1. The van der Waals surface area contributed by atoms with Crippen LogP contribution in [0.15, 0.2) is 15.2 Å². The van der Waals surface area contributed by atoms with E-state index in [0.717, 1.165) is 41.8 Å². The van der Waals surface area contributed by atoms with Crippen LogP contribution in [0.25, 0.3) is 0 Å². The number of amides is 1. The Morgan fingerprint density at radius 1 is 1.47 bits per heavy atom. The predicted molar refractivity (Wildman–Crippen MR) is 86.0 cm³/mol. The van der Waals surface area contributed by atoms with E-state index >= 15 is 0 Å². The zero-order chi connectivity index (χ0) is 14.3. The van der Waals surface area contributed by atoms with E-state index in [4.69, 9.17) is 0 Å². The maximum absolute atomic E-state index is 11.9. The predicted octanol–water partition coefficient (Wildman–Crippen LogP) is 3.75. The molecule has 0 fully saturated rings. The molecule has 0 radical (unpaired) electrons. The molecule has 1 rings (SSSR count). The van der Waals surface area contributed by atoms with E-state index in [1.807, 2.05) is 11.4 Å². The standard InChI is InChI=1S/C14H23BrN2OS/c1-4-17(5-2)8-6-7-11(3)16-14(18)12-9-13(15)19-10-12/h9-11H,4-8H2,1-3H3,(H,16,18). The normalized spacial score (nSPS) is 12.7. The Morgan fingerprint density at radius 3 is 2.68 bits per heavy atom. The Hall–Kier alpha value is -0.390. The molecule has 1 unspecified atom stereocenters. The second-order valence-corrected chi connectivity index (χ2v) is 6.97. The Bertz CT molecular complexity index is 391. The summed E-state index contributed by atoms with van der Waals surface area (Å²) >= 11 is 4.91. The third-order valence-corrected chi connectivity index (χ3v) is 4.72. The third-order valence-electron chi connectivity index (χ3n) is 3.21. The van der Waals surface area contributed by atoms with Crippen LogP contribution in [0, 0.1) is 0 Å². The van der Waals surface area contributed by atoms with Gasteiger partial charge >= 0.3 is 0 Å². The minimum absolute atomic E-state index is 0.0253. The Labute approximate surface area is 128 Å². The van der Waals surface area contributed by atoms with Crippen LogP contribution >= 0.6 is 27.3 Å². The lowest BCUT2D eigenvalue weighted by molar-refractivity contribution is 0.0937. The highest BCUT2D eigenvalue weighted by Gasteiger charge is 2.11. The van der Waals surface area contributed by atoms with E-state index in [1.54, 1.807) is 0 Å². The van der Waals surface area contributed by atoms with Gasteiger partial charge in [0.15, 0.2) is 0 Å². The van der Waals surface area contributed by atoms with E-state index in [0.29, 0.717) is 0 Å². The summed E-state index contributed by atoms with van der Waals surface area (Å²) in [6.45, 7) is 9.74. The van der Waals surface area contributed by atoms with Crippen LogP contribution in [0.2, 0.25) is 0 Å². The molecule has 0 saturated heterocycles. The van der Waals surface area contributed by atoms with Gasteiger partial charge in [-0.3, -0.25) is 4.79 Å². The van der Waals surface area contributed by atoms with Gasteiger partial charge in [0.05, 0.1) is 9.35 Å². The highest BCUT2D eigenvalue weighted by molar-refractivity contribution is 9.11. The van der Waals surface area contributed by atoms with Crippen molar-refractivity contribution >= 4 is 33.2 Å². The van der Waals surface area contributed by atoms with Gasteiger partial charge in [0.2, 0.25) is 0 Å². The molecule has 0 aliphatic carbocycles. The Kier molecular flexibility index (Phi) is 7.64. The van der Waals surface area contributed by atoms with E-state index < -0.39 is 0 Å². The van der Waals surface area contributed by atoms with Crippen LogP contribution in [0.3, 0.4) is 0 Å². The first kappa shape index (κ1) is 16.7. The number of nitrogens with zero attached hydrogens (tertiary/aromatic N) is 1. The summed E-state index contributed by atoms with van der Waals surface area (Å²) in [7, 11) is 0. The van der Waals surface area contributed by atoms with Crippen LogP contribution in [0.4, 0.5) is 0 Å². The van der Waals surface area contributed by atoms with Crippen molar-refractivity contribution in [1.82, 2.24) is 10.2 Å². The van der Waals surface area contributed by atoms with Gasteiger partial charge in [-0.1, -0.05) is 13.8 Å². The molecule has 1 N–H and O–H groups in total. The van der Waals surface area contributed by atoms with Crippen molar-refractivity contribution in [2.75, 3.05) is 19.6 Å². The summed E-state index contributed by atoms with van der Waals surface area (Å²) < 4.78 is 0.992. The van der Waals surface area contributed by atoms with E-state index in [2.05, 4.69) is 46.9 Å². The van der Waals surface area contributed by atoms with Gasteiger partial charge in [-0.25, -0.2) is 0 Å². The van der Waals surface area contributed by atoms with Crippen molar-refractivity contribution in [1.29, 1.82) is 0 Å². The average Bonchev–Trinajstić information content (AvgIpc) is 2.81. The molecule has 0 aromatic carbocycles. The summed E-state index contributed by atoms with van der Waals surface area (Å²) in [5.74, 6) is 0.0253. The number of nitrogens with one attached hydrogen (secondary N) is 1. The van der Waals surface area contributed by atoms with Crippen LogP contribution in [-0.4, -0.2) is 36.5 Å². The number of carbonyl (C=O) groups is 1. The number of hydrogen-bond donors (Lipinski definition) is 1. The molecule has 3 nitrogen and oxygen atoms in total. The SMILES string of the molecule is CCN(CC)CCCC(C)NC(=O)c1csc(Br)c1. The molecule has 0 aliphatic rings. The van der Waals surface area contributed by atoms with Crippen LogP contribution in [-0.2, 0) is 0 Å². The summed E-state index contributed by atoms with van der Waals surface area (Å²) in [6.07, 6.45) is 2.14. The smallest absolute Gasteiger partial charge is 0.252 e. The first-order chi connectivity index (χ1) is 9.06. The van der Waals surface area contributed by atoms with E-state index in [9.17, 15) is 4.79 Å². The highest BCUT2D eigenvalue weighted by atomic mass is 79.9. The van der Waals surface area contributed by atoms with Gasteiger partial charge in [0, 0.05) is 11.4 Å². The molecular weight excluding hydrogens is 324 g/mol. The molecule has 0 bridgehead atoms. The number of rotatable bonds is 8. The second kappa shape index (κ2) is 8.72. The molecule has 0 aliphatic heterocycles. The maximum Gasteiger partial charge on any atom is 0.252 e. The van der Waals surface area contributed by atoms with Crippen molar-refractivity contribution in [3.05, 3.63) is 20.8 Å². The van der Waals surface area contributed by atoms with Crippen molar-refractivity contribution in [3.8, 4) is 0 Å². The minimum atomic E-state index is 0.0253. The summed E-state index contributed by atoms with van der Waals surface area (Å²) in [6, 6.07) is 2.09. The summed E-state index contributed by atoms with van der Waals surface area (Å²) in [5.41, 5.74) is 0.743. The maximum atomic E-state index is 11.9. The van der Waals surface area contributed by atoms with Gasteiger partial charge in [-0.05, 0) is 61.4 Å². The lowest BCUT2D eigenvalue weighted by Gasteiger charge is -2.19. The first-order valence-corrected chi connectivity index (χ1v) is 8.51. The minimum Gasteiger partial charge on any atom is -0.350 e. The van der Waals surface area contributed by atoms with Gasteiger partial charge < -0.3 is 10.2 Å². The van der Waals surface area contributed by atoms with Crippen molar-refractivity contribution in [2.45, 2.75) is 39.7 Å². The quantitative estimate of drug-likeness (QED) is 0.777. The van der Waals surface area contributed by atoms with Crippen LogP contribution < -0.4 is 5.32 Å². The summed E-state index contributed by atoms with van der Waals surface area (Å²) in [4.78, 5) is 14.3. The number of carbonyl (C=O) groups excluding carboxylic acids is 1. The molecule has 1 aromatic rings. The van der Waals surface area contributed by atoms with Crippen molar-refractivity contribution < 1.29 is 4.79 Å². The van der Waals surface area contributed by atoms with Gasteiger partial charge in [0.1, 0.15) is 0 Å². The average molecular weight is 347 g/mol. The number of hydrogen-bond acceptors (Lipinski definition) is 3. The molecule has 19 heavy (non-hydrogen) atoms. The van der Waals surface area contributed by atoms with E-state index in [-0.39, 0.29) is 11.9 Å². The number of halogens is 1. The Morgan fingerprint density at radius 2 is 2.16 bits per heavy atom. The molecule has 1 atom stereocenters. The lowest BCUT2D eigenvalue weighted by Crippen LogP contribution is -2.33. The van der Waals surface area contributed by atoms with Gasteiger partial charge in [-0.2, -0.15) is 0 Å². The zero-order valence-electron chi connectivity index (χ0n) is 11.9. The van der Waals surface area contributed by atoms with Crippen molar-refractivity contribution in [3.63, 3.8) is 0 Å². The first-order valence-electron chi connectivity index (χ1n) is 6.84. The van der Waals surface area contributed by atoms with Crippen LogP contribution in [0.1, 0.15) is 44.0 Å². The molecule has 1 aromatic heterocycles. The molecule has 1 amide bonds. The summed E-state index contributed by atoms with van der Waals surface area (Å²) in [5, 5.41) is 4.92.